The highest BCUT2D eigenvalue weighted by Gasteiger charge is 2.30. The molecule has 14 heavy (non-hydrogen) atoms. The number of carbonyl (C=O) groups is 2. The molecule has 1 fully saturated rings. The molecule has 0 aromatic carbocycles. The first-order valence-electron chi connectivity index (χ1n) is 4.40. The number of hydrogen-bond donors (Lipinski definition) is 0. The summed E-state index contributed by atoms with van der Waals surface area (Å²) in [4.78, 5) is 24.0. The lowest BCUT2D eigenvalue weighted by molar-refractivity contribution is -0.143. The zero-order chi connectivity index (χ0) is 10.6. The summed E-state index contributed by atoms with van der Waals surface area (Å²) in [6, 6.07) is 0. The lowest BCUT2D eigenvalue weighted by Crippen LogP contribution is -2.32. The molecule has 76 valence electrons. The normalized spacial score (nSPS) is 20.7. The second-order valence-electron chi connectivity index (χ2n) is 3.05. The third kappa shape index (κ3) is 2.22. The smallest absolute Gasteiger partial charge is 0.330 e. The Balaban J connectivity index is 2.47. The van der Waals surface area contributed by atoms with Gasteiger partial charge < -0.3 is 9.64 Å². The summed E-state index contributed by atoms with van der Waals surface area (Å²) in [5.74, 6) is -0.661. The monoisotopic (exact) mass is 195 g/mol. The Labute approximate surface area is 82.8 Å². The molecule has 4 heteroatoms. The van der Waals surface area contributed by atoms with Crippen molar-refractivity contribution in [3.8, 4) is 0 Å². The average molecular weight is 195 g/mol. The molecule has 1 heterocycles. The van der Waals surface area contributed by atoms with Gasteiger partial charge in [0.25, 0.3) is 0 Å². The fourth-order valence-corrected chi connectivity index (χ4v) is 1.42. The standard InChI is InChI=1S/C10H13NO3/c1-3-8-5-6-11(10(8)13)7-9(12)14-4-2/h3-4,8H,1-2,5-7H2. The summed E-state index contributed by atoms with van der Waals surface area (Å²) in [5.41, 5.74) is 0. The molecule has 0 aromatic heterocycles. The van der Waals surface area contributed by atoms with Gasteiger partial charge in [0.1, 0.15) is 6.54 Å². The number of likely N-dealkylation sites (tertiary alicyclic amines) is 1. The van der Waals surface area contributed by atoms with Crippen LogP contribution in [0.2, 0.25) is 0 Å². The first kappa shape index (κ1) is 10.5. The summed E-state index contributed by atoms with van der Waals surface area (Å²) in [6.45, 7) is 7.41. The molecule has 0 aromatic rings. The van der Waals surface area contributed by atoms with Crippen LogP contribution >= 0.6 is 0 Å². The maximum Gasteiger partial charge on any atom is 0.330 e. The van der Waals surface area contributed by atoms with Crippen LogP contribution in [0.15, 0.2) is 25.5 Å². The maximum absolute atomic E-state index is 11.5. The van der Waals surface area contributed by atoms with Gasteiger partial charge in [0, 0.05) is 6.54 Å². The number of nitrogens with zero attached hydrogens (tertiary/aromatic N) is 1. The molecule has 0 radical (unpaired) electrons. The molecule has 1 rings (SSSR count). The topological polar surface area (TPSA) is 46.6 Å². The third-order valence-electron chi connectivity index (χ3n) is 2.16. The van der Waals surface area contributed by atoms with E-state index in [4.69, 9.17) is 0 Å². The molecular weight excluding hydrogens is 182 g/mol. The van der Waals surface area contributed by atoms with Crippen LogP contribution in [0.5, 0.6) is 0 Å². The van der Waals surface area contributed by atoms with E-state index in [9.17, 15) is 9.59 Å². The SMILES string of the molecule is C=COC(=O)CN1CCC(C=C)C1=O. The van der Waals surface area contributed by atoms with Crippen LogP contribution in [0.25, 0.3) is 0 Å². The van der Waals surface area contributed by atoms with Crippen molar-refractivity contribution in [2.75, 3.05) is 13.1 Å². The number of amides is 1. The second kappa shape index (κ2) is 4.60. The fourth-order valence-electron chi connectivity index (χ4n) is 1.42. The lowest BCUT2D eigenvalue weighted by Gasteiger charge is -2.13. The third-order valence-corrected chi connectivity index (χ3v) is 2.16. The lowest BCUT2D eigenvalue weighted by atomic mass is 10.1. The molecule has 1 saturated heterocycles. The predicted molar refractivity (Wildman–Crippen MR) is 51.2 cm³/mol. The summed E-state index contributed by atoms with van der Waals surface area (Å²) in [7, 11) is 0. The highest BCUT2D eigenvalue weighted by molar-refractivity contribution is 5.86. The minimum atomic E-state index is -0.460. The second-order valence-corrected chi connectivity index (χ2v) is 3.05. The molecule has 0 bridgehead atoms. The molecule has 1 aliphatic rings. The number of carbonyl (C=O) groups excluding carboxylic acids is 2. The molecule has 1 aliphatic heterocycles. The van der Waals surface area contributed by atoms with E-state index in [1.165, 1.54) is 4.90 Å². The van der Waals surface area contributed by atoms with Crippen LogP contribution in [0.4, 0.5) is 0 Å². The van der Waals surface area contributed by atoms with E-state index in [2.05, 4.69) is 17.9 Å². The minimum absolute atomic E-state index is 0.00477. The van der Waals surface area contributed by atoms with Crippen molar-refractivity contribution in [2.45, 2.75) is 6.42 Å². The highest BCUT2D eigenvalue weighted by Crippen LogP contribution is 2.18. The largest absolute Gasteiger partial charge is 0.434 e. The Morgan fingerprint density at radius 3 is 2.86 bits per heavy atom. The number of hydrogen-bond acceptors (Lipinski definition) is 3. The van der Waals surface area contributed by atoms with Gasteiger partial charge in [-0.05, 0) is 6.42 Å². The summed E-state index contributed by atoms with van der Waals surface area (Å²) >= 11 is 0. The Morgan fingerprint density at radius 1 is 1.64 bits per heavy atom. The van der Waals surface area contributed by atoms with E-state index in [0.29, 0.717) is 6.54 Å². The maximum atomic E-state index is 11.5. The van der Waals surface area contributed by atoms with Gasteiger partial charge in [-0.2, -0.15) is 0 Å². The fraction of sp³-hybridized carbons (Fsp3) is 0.400. The first-order chi connectivity index (χ1) is 6.69. The molecule has 1 unspecified atom stereocenters. The average Bonchev–Trinajstić information content (AvgIpc) is 2.48. The van der Waals surface area contributed by atoms with E-state index < -0.39 is 5.97 Å². The number of ether oxygens (including phenoxy) is 1. The van der Waals surface area contributed by atoms with Gasteiger partial charge in [0.05, 0.1) is 12.2 Å². The number of rotatable bonds is 4. The van der Waals surface area contributed by atoms with Crippen LogP contribution < -0.4 is 0 Å². The Hall–Kier alpha value is -1.58. The van der Waals surface area contributed by atoms with Crippen LogP contribution in [0.3, 0.4) is 0 Å². The van der Waals surface area contributed by atoms with Gasteiger partial charge in [-0.1, -0.05) is 12.7 Å². The summed E-state index contributed by atoms with van der Waals surface area (Å²) in [5, 5.41) is 0. The minimum Gasteiger partial charge on any atom is -0.434 e. The van der Waals surface area contributed by atoms with Crippen LogP contribution in [0.1, 0.15) is 6.42 Å². The molecule has 4 nitrogen and oxygen atoms in total. The van der Waals surface area contributed by atoms with E-state index in [-0.39, 0.29) is 18.4 Å². The van der Waals surface area contributed by atoms with Crippen LogP contribution in [-0.4, -0.2) is 29.9 Å². The van der Waals surface area contributed by atoms with Gasteiger partial charge in [-0.15, -0.1) is 6.58 Å². The molecule has 1 amide bonds. The van der Waals surface area contributed by atoms with Gasteiger partial charge in [0.2, 0.25) is 5.91 Å². The zero-order valence-corrected chi connectivity index (χ0v) is 7.94. The van der Waals surface area contributed by atoms with Crippen molar-refractivity contribution in [1.29, 1.82) is 0 Å². The van der Waals surface area contributed by atoms with E-state index in [1.807, 2.05) is 0 Å². The summed E-state index contributed by atoms with van der Waals surface area (Å²) < 4.78 is 4.53. The van der Waals surface area contributed by atoms with Gasteiger partial charge in [-0.25, -0.2) is 4.79 Å². The van der Waals surface area contributed by atoms with Crippen molar-refractivity contribution in [1.82, 2.24) is 4.90 Å². The summed E-state index contributed by atoms with van der Waals surface area (Å²) in [6.07, 6.45) is 3.40. The van der Waals surface area contributed by atoms with E-state index >= 15 is 0 Å². The van der Waals surface area contributed by atoms with Gasteiger partial charge in [-0.3, -0.25) is 4.79 Å². The van der Waals surface area contributed by atoms with Gasteiger partial charge in [0.15, 0.2) is 0 Å². The molecule has 0 N–H and O–H groups in total. The van der Waals surface area contributed by atoms with Crippen molar-refractivity contribution < 1.29 is 14.3 Å². The highest BCUT2D eigenvalue weighted by atomic mass is 16.5. The molecule has 0 aliphatic carbocycles. The van der Waals surface area contributed by atoms with Crippen LogP contribution in [-0.2, 0) is 14.3 Å². The van der Waals surface area contributed by atoms with Crippen molar-refractivity contribution in [2.24, 2.45) is 5.92 Å². The zero-order valence-electron chi connectivity index (χ0n) is 7.94. The molecular formula is C10H13NO3. The molecule has 0 saturated carbocycles. The Morgan fingerprint density at radius 2 is 2.36 bits per heavy atom. The first-order valence-corrected chi connectivity index (χ1v) is 4.40. The molecule has 1 atom stereocenters. The number of esters is 1. The van der Waals surface area contributed by atoms with Crippen molar-refractivity contribution in [3.05, 3.63) is 25.5 Å². The Bertz CT molecular complexity index is 273. The van der Waals surface area contributed by atoms with E-state index in [0.717, 1.165) is 12.7 Å². The van der Waals surface area contributed by atoms with E-state index in [1.54, 1.807) is 6.08 Å². The Kier molecular flexibility index (Phi) is 3.45. The van der Waals surface area contributed by atoms with Crippen molar-refractivity contribution >= 4 is 11.9 Å². The quantitative estimate of drug-likeness (QED) is 0.377. The molecule has 0 spiro atoms. The predicted octanol–water partition coefficient (Wildman–Crippen LogP) is 0.708. The van der Waals surface area contributed by atoms with Gasteiger partial charge >= 0.3 is 5.97 Å². The van der Waals surface area contributed by atoms with Crippen molar-refractivity contribution in [3.63, 3.8) is 0 Å². The van der Waals surface area contributed by atoms with Crippen LogP contribution in [0, 0.1) is 5.92 Å².